The SMILES string of the molecule is CCOc1ccc(S(=O)(=O)N2CCC[C@H](C(=O)NCc3cccc(C)c3)C2)cc1. The predicted molar refractivity (Wildman–Crippen MR) is 112 cm³/mol. The first kappa shape index (κ1) is 21.3. The Balaban J connectivity index is 1.63. The number of aryl methyl sites for hydroxylation is 1. The van der Waals surface area contributed by atoms with Crippen LogP contribution >= 0.6 is 0 Å². The van der Waals surface area contributed by atoms with Crippen LogP contribution in [0.1, 0.15) is 30.9 Å². The van der Waals surface area contributed by atoms with Gasteiger partial charge in [-0.25, -0.2) is 8.42 Å². The van der Waals surface area contributed by atoms with Gasteiger partial charge in [0.25, 0.3) is 0 Å². The molecule has 1 N–H and O–H groups in total. The highest BCUT2D eigenvalue weighted by molar-refractivity contribution is 7.89. The van der Waals surface area contributed by atoms with Crippen LogP contribution in [-0.4, -0.2) is 38.3 Å². The minimum Gasteiger partial charge on any atom is -0.494 e. The molecule has 6 nitrogen and oxygen atoms in total. The number of rotatable bonds is 7. The van der Waals surface area contributed by atoms with Gasteiger partial charge in [-0.1, -0.05) is 29.8 Å². The van der Waals surface area contributed by atoms with Crippen molar-refractivity contribution >= 4 is 15.9 Å². The molecule has 1 aliphatic heterocycles. The Kier molecular flexibility index (Phi) is 6.92. The van der Waals surface area contributed by atoms with E-state index in [1.165, 1.54) is 4.31 Å². The summed E-state index contributed by atoms with van der Waals surface area (Å²) < 4.78 is 32.8. The molecule has 0 saturated carbocycles. The van der Waals surface area contributed by atoms with Gasteiger partial charge in [-0.2, -0.15) is 4.31 Å². The van der Waals surface area contributed by atoms with Gasteiger partial charge >= 0.3 is 0 Å². The Morgan fingerprint density at radius 2 is 1.97 bits per heavy atom. The maximum atomic E-state index is 13.0. The Bertz CT molecular complexity index is 942. The van der Waals surface area contributed by atoms with Crippen LogP contribution in [0.3, 0.4) is 0 Å². The highest BCUT2D eigenvalue weighted by Gasteiger charge is 2.33. The smallest absolute Gasteiger partial charge is 0.243 e. The molecule has 1 saturated heterocycles. The lowest BCUT2D eigenvalue weighted by molar-refractivity contribution is -0.126. The van der Waals surface area contributed by atoms with E-state index in [0.29, 0.717) is 38.3 Å². The van der Waals surface area contributed by atoms with Crippen LogP contribution in [0.2, 0.25) is 0 Å². The van der Waals surface area contributed by atoms with Crippen LogP contribution in [0.15, 0.2) is 53.4 Å². The average Bonchev–Trinajstić information content (AvgIpc) is 2.73. The Morgan fingerprint density at radius 3 is 2.66 bits per heavy atom. The zero-order valence-electron chi connectivity index (χ0n) is 16.9. The molecule has 0 spiro atoms. The molecule has 0 aliphatic carbocycles. The van der Waals surface area contributed by atoms with Gasteiger partial charge in [-0.05, 0) is 56.5 Å². The number of piperidine rings is 1. The third kappa shape index (κ3) is 5.36. The maximum Gasteiger partial charge on any atom is 0.243 e. The van der Waals surface area contributed by atoms with E-state index in [1.807, 2.05) is 38.1 Å². The van der Waals surface area contributed by atoms with Gasteiger partial charge in [0.2, 0.25) is 15.9 Å². The third-order valence-electron chi connectivity index (χ3n) is 5.08. The highest BCUT2D eigenvalue weighted by atomic mass is 32.2. The van der Waals surface area contributed by atoms with Crippen molar-refractivity contribution < 1.29 is 17.9 Å². The number of hydrogen-bond acceptors (Lipinski definition) is 4. The van der Waals surface area contributed by atoms with E-state index in [9.17, 15) is 13.2 Å². The zero-order chi connectivity index (χ0) is 20.9. The van der Waals surface area contributed by atoms with E-state index in [-0.39, 0.29) is 23.3 Å². The monoisotopic (exact) mass is 416 g/mol. The van der Waals surface area contributed by atoms with E-state index in [4.69, 9.17) is 4.74 Å². The number of carbonyl (C=O) groups excluding carboxylic acids is 1. The van der Waals surface area contributed by atoms with Crippen molar-refractivity contribution in [1.82, 2.24) is 9.62 Å². The quantitative estimate of drug-likeness (QED) is 0.753. The molecule has 1 heterocycles. The van der Waals surface area contributed by atoms with Crippen LogP contribution in [0.4, 0.5) is 0 Å². The molecule has 0 bridgehead atoms. The molecular weight excluding hydrogens is 388 g/mol. The molecule has 0 aromatic heterocycles. The number of hydrogen-bond donors (Lipinski definition) is 1. The molecule has 3 rings (SSSR count). The first-order valence-electron chi connectivity index (χ1n) is 9.96. The Labute approximate surface area is 172 Å². The largest absolute Gasteiger partial charge is 0.494 e. The van der Waals surface area contributed by atoms with Crippen molar-refractivity contribution in [2.24, 2.45) is 5.92 Å². The van der Waals surface area contributed by atoms with Gasteiger partial charge in [0, 0.05) is 19.6 Å². The first-order valence-corrected chi connectivity index (χ1v) is 11.4. The standard InChI is InChI=1S/C22H28N2O4S/c1-3-28-20-9-11-21(12-10-20)29(26,27)24-13-5-8-19(16-24)22(25)23-15-18-7-4-6-17(2)14-18/h4,6-7,9-12,14,19H,3,5,8,13,15-16H2,1-2H3,(H,23,25)/t19-/m0/s1. The third-order valence-corrected chi connectivity index (χ3v) is 6.96. The number of benzene rings is 2. The number of amides is 1. The summed E-state index contributed by atoms with van der Waals surface area (Å²) in [7, 11) is -3.64. The second-order valence-corrected chi connectivity index (χ2v) is 9.25. The molecule has 0 unspecified atom stereocenters. The summed E-state index contributed by atoms with van der Waals surface area (Å²) in [6.45, 7) is 5.49. The summed E-state index contributed by atoms with van der Waals surface area (Å²) in [5.41, 5.74) is 2.18. The molecule has 2 aromatic rings. The normalized spacial score (nSPS) is 17.7. The van der Waals surface area contributed by atoms with Crippen molar-refractivity contribution in [1.29, 1.82) is 0 Å². The molecule has 1 fully saturated rings. The fourth-order valence-corrected chi connectivity index (χ4v) is 5.08. The number of carbonyl (C=O) groups is 1. The van der Waals surface area contributed by atoms with Crippen molar-refractivity contribution in [2.75, 3.05) is 19.7 Å². The molecule has 0 radical (unpaired) electrons. The molecule has 1 amide bonds. The molecule has 156 valence electrons. The van der Waals surface area contributed by atoms with Crippen molar-refractivity contribution in [2.45, 2.75) is 38.1 Å². The van der Waals surface area contributed by atoms with Crippen molar-refractivity contribution in [3.05, 3.63) is 59.7 Å². The number of nitrogens with one attached hydrogen (secondary N) is 1. The van der Waals surface area contributed by atoms with Gasteiger partial charge in [0.15, 0.2) is 0 Å². The lowest BCUT2D eigenvalue weighted by atomic mass is 9.98. The lowest BCUT2D eigenvalue weighted by Crippen LogP contribution is -2.45. The van der Waals surface area contributed by atoms with Crippen LogP contribution in [-0.2, 0) is 21.4 Å². The first-order chi connectivity index (χ1) is 13.9. The van der Waals surface area contributed by atoms with Crippen LogP contribution < -0.4 is 10.1 Å². The predicted octanol–water partition coefficient (Wildman–Crippen LogP) is 3.11. The van der Waals surface area contributed by atoms with Gasteiger partial charge in [-0.15, -0.1) is 0 Å². The van der Waals surface area contributed by atoms with E-state index in [1.54, 1.807) is 24.3 Å². The summed E-state index contributed by atoms with van der Waals surface area (Å²) in [6, 6.07) is 14.4. The molecule has 1 aliphatic rings. The van der Waals surface area contributed by atoms with E-state index < -0.39 is 10.0 Å². The summed E-state index contributed by atoms with van der Waals surface area (Å²) in [6.07, 6.45) is 1.35. The van der Waals surface area contributed by atoms with Crippen LogP contribution in [0.5, 0.6) is 5.75 Å². The molecule has 7 heteroatoms. The Hall–Kier alpha value is -2.38. The van der Waals surface area contributed by atoms with E-state index in [0.717, 1.165) is 11.1 Å². The van der Waals surface area contributed by atoms with Crippen molar-refractivity contribution in [3.8, 4) is 5.75 Å². The average molecular weight is 417 g/mol. The second kappa shape index (κ2) is 9.41. The molecule has 1 atom stereocenters. The van der Waals surface area contributed by atoms with Gasteiger partial charge < -0.3 is 10.1 Å². The fourth-order valence-electron chi connectivity index (χ4n) is 3.55. The van der Waals surface area contributed by atoms with E-state index in [2.05, 4.69) is 5.32 Å². The van der Waals surface area contributed by atoms with E-state index >= 15 is 0 Å². The van der Waals surface area contributed by atoms with Crippen molar-refractivity contribution in [3.63, 3.8) is 0 Å². The number of sulfonamides is 1. The Morgan fingerprint density at radius 1 is 1.21 bits per heavy atom. The zero-order valence-corrected chi connectivity index (χ0v) is 17.7. The lowest BCUT2D eigenvalue weighted by Gasteiger charge is -2.31. The maximum absolute atomic E-state index is 13.0. The van der Waals surface area contributed by atoms with Gasteiger partial charge in [-0.3, -0.25) is 4.79 Å². The molecule has 2 aromatic carbocycles. The van der Waals surface area contributed by atoms with Gasteiger partial charge in [0.05, 0.1) is 17.4 Å². The summed E-state index contributed by atoms with van der Waals surface area (Å²) in [5.74, 6) is 0.197. The minimum atomic E-state index is -3.64. The fraction of sp³-hybridized carbons (Fsp3) is 0.409. The summed E-state index contributed by atoms with van der Waals surface area (Å²) in [5, 5.41) is 2.95. The highest BCUT2D eigenvalue weighted by Crippen LogP contribution is 2.25. The van der Waals surface area contributed by atoms with Gasteiger partial charge in [0.1, 0.15) is 5.75 Å². The molecular formula is C22H28N2O4S. The minimum absolute atomic E-state index is 0.0990. The summed E-state index contributed by atoms with van der Waals surface area (Å²) in [4.78, 5) is 12.9. The second-order valence-electron chi connectivity index (χ2n) is 7.31. The summed E-state index contributed by atoms with van der Waals surface area (Å²) >= 11 is 0. The topological polar surface area (TPSA) is 75.7 Å². The van der Waals surface area contributed by atoms with Crippen LogP contribution in [0, 0.1) is 12.8 Å². The number of nitrogens with zero attached hydrogens (tertiary/aromatic N) is 1. The number of ether oxygens (including phenoxy) is 1. The molecule has 29 heavy (non-hydrogen) atoms. The van der Waals surface area contributed by atoms with Crippen LogP contribution in [0.25, 0.3) is 0 Å².